The van der Waals surface area contributed by atoms with E-state index in [-0.39, 0.29) is 49.1 Å². The van der Waals surface area contributed by atoms with Gasteiger partial charge >= 0.3 is 12.1 Å². The monoisotopic (exact) mass is 536 g/mol. The molecule has 0 radical (unpaired) electrons. The lowest BCUT2D eigenvalue weighted by molar-refractivity contribution is -0.155. The maximum Gasteiger partial charge on any atom is 0.407 e. The Balaban J connectivity index is 1.75. The first-order valence-corrected chi connectivity index (χ1v) is 12.6. The van der Waals surface area contributed by atoms with E-state index in [1.165, 1.54) is 9.80 Å². The van der Waals surface area contributed by atoms with Crippen LogP contribution >= 0.6 is 22.9 Å². The molecule has 1 aromatic heterocycles. The number of hydrogen-bond donors (Lipinski definition) is 2. The smallest absolute Gasteiger partial charge is 0.407 e. The zero-order valence-corrected chi connectivity index (χ0v) is 21.9. The molecule has 1 saturated heterocycles. The number of thiazole rings is 1. The molecule has 1 atom stereocenters. The van der Waals surface area contributed by atoms with Crippen molar-refractivity contribution in [2.45, 2.75) is 45.3 Å². The largest absolute Gasteiger partial charge is 0.465 e. The molecule has 0 spiro atoms. The van der Waals surface area contributed by atoms with E-state index in [0.717, 1.165) is 16.9 Å². The van der Waals surface area contributed by atoms with Crippen LogP contribution in [0.3, 0.4) is 0 Å². The van der Waals surface area contributed by atoms with Crippen molar-refractivity contribution in [3.05, 3.63) is 40.4 Å². The van der Waals surface area contributed by atoms with E-state index in [9.17, 15) is 19.2 Å². The van der Waals surface area contributed by atoms with Crippen molar-refractivity contribution < 1.29 is 29.0 Å². The summed E-state index contributed by atoms with van der Waals surface area (Å²) in [6.45, 7) is 5.90. The van der Waals surface area contributed by atoms with Crippen LogP contribution in [0.2, 0.25) is 4.34 Å². The molecule has 1 aromatic carbocycles. The summed E-state index contributed by atoms with van der Waals surface area (Å²) in [5.74, 6) is -1.54. The number of halogens is 1. The fourth-order valence-corrected chi connectivity index (χ4v) is 4.77. The van der Waals surface area contributed by atoms with Gasteiger partial charge in [-0.2, -0.15) is 0 Å². The first kappa shape index (κ1) is 27.4. The van der Waals surface area contributed by atoms with Crippen LogP contribution in [0.1, 0.15) is 44.1 Å². The molecule has 2 N–H and O–H groups in total. The summed E-state index contributed by atoms with van der Waals surface area (Å²) in [4.78, 5) is 56.9. The molecule has 1 aliphatic heterocycles. The van der Waals surface area contributed by atoms with Crippen LogP contribution < -0.4 is 5.32 Å². The molecule has 3 rings (SSSR count). The molecule has 0 saturated carbocycles. The highest BCUT2D eigenvalue weighted by molar-refractivity contribution is 7.19. The van der Waals surface area contributed by atoms with Gasteiger partial charge in [-0.25, -0.2) is 9.78 Å². The Bertz CT molecular complexity index is 1110. The molecule has 1 fully saturated rings. The van der Waals surface area contributed by atoms with E-state index in [1.54, 1.807) is 20.8 Å². The molecule has 3 amide bonds. The van der Waals surface area contributed by atoms with Crippen molar-refractivity contribution in [3.8, 4) is 10.6 Å². The van der Waals surface area contributed by atoms with Gasteiger partial charge in [0.05, 0.1) is 0 Å². The summed E-state index contributed by atoms with van der Waals surface area (Å²) in [6, 6.07) is 8.21. The summed E-state index contributed by atoms with van der Waals surface area (Å²) in [5, 5.41) is 12.4. The Kier molecular flexibility index (Phi) is 8.91. The maximum atomic E-state index is 13.3. The van der Waals surface area contributed by atoms with Crippen molar-refractivity contribution in [2.24, 2.45) is 0 Å². The summed E-state index contributed by atoms with van der Waals surface area (Å²) < 4.78 is 5.51. The predicted molar refractivity (Wildman–Crippen MR) is 135 cm³/mol. The van der Waals surface area contributed by atoms with Crippen LogP contribution in [-0.2, 0) is 14.3 Å². The van der Waals surface area contributed by atoms with E-state index in [2.05, 4.69) is 10.3 Å². The van der Waals surface area contributed by atoms with Crippen molar-refractivity contribution >= 4 is 46.8 Å². The van der Waals surface area contributed by atoms with Gasteiger partial charge in [0.1, 0.15) is 21.0 Å². The van der Waals surface area contributed by atoms with Crippen LogP contribution in [0.15, 0.2) is 30.3 Å². The van der Waals surface area contributed by atoms with Gasteiger partial charge in [0.15, 0.2) is 5.69 Å². The standard InChI is InChI=1S/C24H29ClN4O6S/c1-24(2,3)35-17(30)10-9-16(22(32)28-11-13-29(14-12-28)23(33)34)26-20(31)18-19(25)36-21(27-18)15-7-5-4-6-8-15/h4-8,16H,9-14H2,1-3H3,(H,26,31)(H,33,34)/t16-/m0/s1. The van der Waals surface area contributed by atoms with E-state index in [1.807, 2.05) is 30.3 Å². The molecule has 36 heavy (non-hydrogen) atoms. The number of ether oxygens (including phenoxy) is 1. The Morgan fingerprint density at radius 2 is 1.72 bits per heavy atom. The van der Waals surface area contributed by atoms with Gasteiger partial charge in [0.2, 0.25) is 5.91 Å². The quantitative estimate of drug-likeness (QED) is 0.518. The van der Waals surface area contributed by atoms with Gasteiger partial charge < -0.3 is 25.0 Å². The van der Waals surface area contributed by atoms with Crippen LogP contribution in [0.5, 0.6) is 0 Å². The summed E-state index contributed by atoms with van der Waals surface area (Å²) in [7, 11) is 0. The van der Waals surface area contributed by atoms with Gasteiger partial charge in [-0.15, -0.1) is 11.3 Å². The molecular weight excluding hydrogens is 508 g/mol. The van der Waals surface area contributed by atoms with Crippen molar-refractivity contribution in [1.82, 2.24) is 20.1 Å². The Morgan fingerprint density at radius 3 is 2.31 bits per heavy atom. The molecule has 0 unspecified atom stereocenters. The third kappa shape index (κ3) is 7.41. The minimum absolute atomic E-state index is 0.00588. The van der Waals surface area contributed by atoms with E-state index in [4.69, 9.17) is 21.4 Å². The minimum Gasteiger partial charge on any atom is -0.465 e. The Labute approximate surface area is 218 Å². The minimum atomic E-state index is -1.05. The number of nitrogens with one attached hydrogen (secondary N) is 1. The average molecular weight is 537 g/mol. The molecule has 2 heterocycles. The van der Waals surface area contributed by atoms with Crippen LogP contribution in [0.25, 0.3) is 10.6 Å². The third-order valence-corrected chi connectivity index (χ3v) is 6.65. The predicted octanol–water partition coefficient (Wildman–Crippen LogP) is 3.51. The van der Waals surface area contributed by atoms with Gasteiger partial charge in [-0.05, 0) is 27.2 Å². The maximum absolute atomic E-state index is 13.3. The Hall–Kier alpha value is -3.18. The van der Waals surface area contributed by atoms with Crippen molar-refractivity contribution in [3.63, 3.8) is 0 Å². The highest BCUT2D eigenvalue weighted by Crippen LogP contribution is 2.31. The number of carboxylic acid groups (broad SMARTS) is 1. The van der Waals surface area contributed by atoms with E-state index < -0.39 is 35.5 Å². The number of amides is 3. The van der Waals surface area contributed by atoms with Crippen LogP contribution in [0, 0.1) is 0 Å². The van der Waals surface area contributed by atoms with Gasteiger partial charge in [0, 0.05) is 38.2 Å². The fraction of sp³-hybridized carbons (Fsp3) is 0.458. The zero-order chi connectivity index (χ0) is 26.5. The van der Waals surface area contributed by atoms with Crippen LogP contribution in [0.4, 0.5) is 4.79 Å². The lowest BCUT2D eigenvalue weighted by atomic mass is 10.1. The van der Waals surface area contributed by atoms with Crippen LogP contribution in [-0.4, -0.2) is 81.6 Å². The molecule has 1 aliphatic rings. The molecule has 2 aromatic rings. The number of carbonyl (C=O) groups excluding carboxylic acids is 3. The van der Waals surface area contributed by atoms with Crippen molar-refractivity contribution in [2.75, 3.05) is 26.2 Å². The molecule has 12 heteroatoms. The number of carbonyl (C=O) groups is 4. The highest BCUT2D eigenvalue weighted by atomic mass is 35.5. The second kappa shape index (κ2) is 11.7. The lowest BCUT2D eigenvalue weighted by Crippen LogP contribution is -2.55. The van der Waals surface area contributed by atoms with Gasteiger partial charge in [-0.1, -0.05) is 41.9 Å². The first-order chi connectivity index (χ1) is 16.9. The first-order valence-electron chi connectivity index (χ1n) is 11.5. The van der Waals surface area contributed by atoms with E-state index >= 15 is 0 Å². The number of benzene rings is 1. The number of hydrogen-bond acceptors (Lipinski definition) is 7. The molecule has 0 aliphatic carbocycles. The number of aromatic nitrogens is 1. The number of piperazine rings is 1. The highest BCUT2D eigenvalue weighted by Gasteiger charge is 2.32. The summed E-state index contributed by atoms with van der Waals surface area (Å²) in [6.07, 6.45) is -1.14. The van der Waals surface area contributed by atoms with Crippen molar-refractivity contribution in [1.29, 1.82) is 0 Å². The zero-order valence-electron chi connectivity index (χ0n) is 20.3. The molecular formula is C24H29ClN4O6S. The SMILES string of the molecule is CC(C)(C)OC(=O)CC[C@H](NC(=O)c1nc(-c2ccccc2)sc1Cl)C(=O)N1CCN(C(=O)O)CC1. The number of nitrogens with zero attached hydrogens (tertiary/aromatic N) is 3. The molecule has 0 bridgehead atoms. The third-order valence-electron chi connectivity index (χ3n) is 5.34. The summed E-state index contributed by atoms with van der Waals surface area (Å²) in [5.41, 5.74) is 0.109. The topological polar surface area (TPSA) is 129 Å². The fourth-order valence-electron chi connectivity index (χ4n) is 3.62. The summed E-state index contributed by atoms with van der Waals surface area (Å²) >= 11 is 7.46. The Morgan fingerprint density at radius 1 is 1.11 bits per heavy atom. The molecule has 194 valence electrons. The van der Waals surface area contributed by atoms with Gasteiger partial charge in [-0.3, -0.25) is 14.4 Å². The lowest BCUT2D eigenvalue weighted by Gasteiger charge is -2.35. The number of rotatable bonds is 7. The van der Waals surface area contributed by atoms with E-state index in [0.29, 0.717) is 5.01 Å². The number of esters is 1. The normalized spacial score (nSPS) is 14.8. The van der Waals surface area contributed by atoms with Gasteiger partial charge in [0.25, 0.3) is 5.91 Å². The second-order valence-electron chi connectivity index (χ2n) is 9.25. The second-order valence-corrected chi connectivity index (χ2v) is 10.9. The average Bonchev–Trinajstić information content (AvgIpc) is 3.22. The molecule has 10 nitrogen and oxygen atoms in total.